The van der Waals surface area contributed by atoms with Gasteiger partial charge in [-0.3, -0.25) is 0 Å². The quantitative estimate of drug-likeness (QED) is 0.821. The van der Waals surface area contributed by atoms with Gasteiger partial charge in [0, 0.05) is 11.1 Å². The van der Waals surface area contributed by atoms with Crippen LogP contribution in [0.1, 0.15) is 43.0 Å². The largest absolute Gasteiger partial charge is 0.310 e. The van der Waals surface area contributed by atoms with Gasteiger partial charge in [-0.1, -0.05) is 48.9 Å². The molecular weight excluding hydrogens is 278 g/mol. The van der Waals surface area contributed by atoms with Crippen molar-refractivity contribution >= 4 is 11.6 Å². The van der Waals surface area contributed by atoms with Gasteiger partial charge in [0.15, 0.2) is 0 Å². The summed E-state index contributed by atoms with van der Waals surface area (Å²) in [4.78, 5) is 0. The molecule has 1 nitrogen and oxygen atoms in total. The van der Waals surface area contributed by atoms with Crippen LogP contribution in [0.4, 0.5) is 0 Å². The predicted molar refractivity (Wildman–Crippen MR) is 91.0 cm³/mol. The maximum atomic E-state index is 6.49. The Morgan fingerprint density at radius 2 is 1.76 bits per heavy atom. The van der Waals surface area contributed by atoms with E-state index >= 15 is 0 Å². The second-order valence-corrected chi connectivity index (χ2v) is 6.26. The van der Waals surface area contributed by atoms with Gasteiger partial charge in [-0.25, -0.2) is 0 Å². The van der Waals surface area contributed by atoms with Crippen LogP contribution in [0.5, 0.6) is 0 Å². The van der Waals surface area contributed by atoms with Gasteiger partial charge >= 0.3 is 0 Å². The molecule has 1 N–H and O–H groups in total. The highest BCUT2D eigenvalue weighted by Crippen LogP contribution is 2.32. The molecule has 21 heavy (non-hydrogen) atoms. The van der Waals surface area contributed by atoms with Gasteiger partial charge in [0.25, 0.3) is 0 Å². The third-order valence-electron chi connectivity index (χ3n) is 4.41. The summed E-state index contributed by atoms with van der Waals surface area (Å²) in [5.74, 6) is 0. The van der Waals surface area contributed by atoms with E-state index in [1.54, 1.807) is 0 Å². The lowest BCUT2D eigenvalue weighted by molar-refractivity contribution is 0.598. The van der Waals surface area contributed by atoms with Gasteiger partial charge in [0.2, 0.25) is 0 Å². The first-order valence-corrected chi connectivity index (χ1v) is 8.22. The normalized spacial score (nSPS) is 15.0. The number of aryl methyl sites for hydroxylation is 2. The lowest BCUT2D eigenvalue weighted by atomic mass is 9.98. The van der Waals surface area contributed by atoms with Crippen molar-refractivity contribution in [2.45, 2.75) is 39.2 Å². The molecule has 0 aliphatic heterocycles. The molecule has 1 unspecified atom stereocenters. The van der Waals surface area contributed by atoms with E-state index in [1.165, 1.54) is 47.1 Å². The number of nitrogens with one attached hydrogen (secondary N) is 1. The standard InChI is InChI=1S/C19H22ClN/c1-3-21-13(2)18-10-9-17(12-19(18)20)16-8-7-14-5-4-6-15(14)11-16/h7-13,21H,3-6H2,1-2H3. The van der Waals surface area contributed by atoms with Crippen LogP contribution >= 0.6 is 11.6 Å². The minimum atomic E-state index is 0.288. The van der Waals surface area contributed by atoms with Crippen molar-refractivity contribution in [1.82, 2.24) is 5.32 Å². The zero-order valence-electron chi connectivity index (χ0n) is 12.7. The molecule has 2 aromatic rings. The molecule has 0 saturated heterocycles. The van der Waals surface area contributed by atoms with Crippen molar-refractivity contribution in [3.63, 3.8) is 0 Å². The summed E-state index contributed by atoms with van der Waals surface area (Å²) in [6, 6.07) is 13.6. The second-order valence-electron chi connectivity index (χ2n) is 5.85. The topological polar surface area (TPSA) is 12.0 Å². The lowest BCUT2D eigenvalue weighted by Crippen LogP contribution is -2.17. The van der Waals surface area contributed by atoms with E-state index in [4.69, 9.17) is 11.6 Å². The fourth-order valence-electron chi connectivity index (χ4n) is 3.23. The number of hydrogen-bond acceptors (Lipinski definition) is 1. The Morgan fingerprint density at radius 3 is 2.52 bits per heavy atom. The minimum Gasteiger partial charge on any atom is -0.310 e. The van der Waals surface area contributed by atoms with Gasteiger partial charge in [-0.15, -0.1) is 0 Å². The van der Waals surface area contributed by atoms with Crippen LogP contribution in [0, 0.1) is 0 Å². The summed E-state index contributed by atoms with van der Waals surface area (Å²) in [7, 11) is 0. The number of benzene rings is 2. The SMILES string of the molecule is CCNC(C)c1ccc(-c2ccc3c(c2)CCC3)cc1Cl. The number of halogens is 1. The van der Waals surface area contributed by atoms with Crippen molar-refractivity contribution < 1.29 is 0 Å². The van der Waals surface area contributed by atoms with E-state index in [2.05, 4.69) is 55.6 Å². The molecule has 3 rings (SSSR count). The molecule has 0 heterocycles. The Bertz CT molecular complexity index is 648. The van der Waals surface area contributed by atoms with Gasteiger partial charge in [-0.2, -0.15) is 0 Å². The summed E-state index contributed by atoms with van der Waals surface area (Å²) in [6.45, 7) is 5.22. The molecule has 0 radical (unpaired) electrons. The Balaban J connectivity index is 1.91. The zero-order valence-corrected chi connectivity index (χ0v) is 13.5. The molecule has 2 aromatic carbocycles. The van der Waals surface area contributed by atoms with E-state index in [0.29, 0.717) is 0 Å². The van der Waals surface area contributed by atoms with Gasteiger partial charge in [-0.05, 0) is 66.6 Å². The zero-order chi connectivity index (χ0) is 14.8. The molecule has 0 aromatic heterocycles. The Kier molecular flexibility index (Phi) is 4.32. The molecule has 1 aliphatic rings. The van der Waals surface area contributed by atoms with Crippen LogP contribution in [-0.4, -0.2) is 6.54 Å². The van der Waals surface area contributed by atoms with Crippen LogP contribution in [0.3, 0.4) is 0 Å². The highest BCUT2D eigenvalue weighted by atomic mass is 35.5. The summed E-state index contributed by atoms with van der Waals surface area (Å²) in [5.41, 5.74) is 6.68. The molecule has 110 valence electrons. The van der Waals surface area contributed by atoms with E-state index in [-0.39, 0.29) is 6.04 Å². The first kappa shape index (κ1) is 14.6. The molecule has 1 atom stereocenters. The van der Waals surface area contributed by atoms with Crippen LogP contribution < -0.4 is 5.32 Å². The highest BCUT2D eigenvalue weighted by molar-refractivity contribution is 6.31. The van der Waals surface area contributed by atoms with E-state index < -0.39 is 0 Å². The molecule has 1 aliphatic carbocycles. The monoisotopic (exact) mass is 299 g/mol. The molecule has 0 bridgehead atoms. The van der Waals surface area contributed by atoms with Crippen LogP contribution in [0.25, 0.3) is 11.1 Å². The van der Waals surface area contributed by atoms with Crippen molar-refractivity contribution in [2.24, 2.45) is 0 Å². The Morgan fingerprint density at radius 1 is 1.05 bits per heavy atom. The van der Waals surface area contributed by atoms with Crippen molar-refractivity contribution in [3.05, 3.63) is 58.1 Å². The minimum absolute atomic E-state index is 0.288. The van der Waals surface area contributed by atoms with E-state index in [9.17, 15) is 0 Å². The van der Waals surface area contributed by atoms with Gasteiger partial charge in [0.1, 0.15) is 0 Å². The fraction of sp³-hybridized carbons (Fsp3) is 0.368. The fourth-order valence-corrected chi connectivity index (χ4v) is 3.57. The molecular formula is C19H22ClN. The average molecular weight is 300 g/mol. The van der Waals surface area contributed by atoms with Gasteiger partial charge < -0.3 is 5.32 Å². The Labute approximate surface area is 132 Å². The number of hydrogen-bond donors (Lipinski definition) is 1. The smallest absolute Gasteiger partial charge is 0.0459 e. The number of rotatable bonds is 4. The molecule has 2 heteroatoms. The predicted octanol–water partition coefficient (Wildman–Crippen LogP) is 5.17. The maximum absolute atomic E-state index is 6.49. The van der Waals surface area contributed by atoms with Crippen LogP contribution in [0.2, 0.25) is 5.02 Å². The molecule has 0 amide bonds. The van der Waals surface area contributed by atoms with Gasteiger partial charge in [0.05, 0.1) is 0 Å². The van der Waals surface area contributed by atoms with E-state index in [1.807, 2.05) is 0 Å². The third kappa shape index (κ3) is 3.00. The summed E-state index contributed by atoms with van der Waals surface area (Å²) in [5, 5.41) is 4.26. The van der Waals surface area contributed by atoms with Crippen molar-refractivity contribution in [1.29, 1.82) is 0 Å². The average Bonchev–Trinajstić information content (AvgIpc) is 2.94. The van der Waals surface area contributed by atoms with Crippen LogP contribution in [-0.2, 0) is 12.8 Å². The molecule has 0 fully saturated rings. The Hall–Kier alpha value is -1.31. The first-order valence-electron chi connectivity index (χ1n) is 7.84. The molecule has 0 saturated carbocycles. The van der Waals surface area contributed by atoms with E-state index in [0.717, 1.165) is 11.6 Å². The lowest BCUT2D eigenvalue weighted by Gasteiger charge is -2.15. The summed E-state index contributed by atoms with van der Waals surface area (Å²) in [6.07, 6.45) is 3.74. The third-order valence-corrected chi connectivity index (χ3v) is 4.74. The maximum Gasteiger partial charge on any atom is 0.0459 e. The molecule has 0 spiro atoms. The summed E-state index contributed by atoms with van der Waals surface area (Å²) < 4.78 is 0. The highest BCUT2D eigenvalue weighted by Gasteiger charge is 2.13. The second kappa shape index (κ2) is 6.21. The van der Waals surface area contributed by atoms with Crippen molar-refractivity contribution in [3.8, 4) is 11.1 Å². The van der Waals surface area contributed by atoms with Crippen molar-refractivity contribution in [2.75, 3.05) is 6.54 Å². The first-order chi connectivity index (χ1) is 10.2. The summed E-state index contributed by atoms with van der Waals surface area (Å²) >= 11 is 6.49. The number of fused-ring (bicyclic) bond motifs is 1. The van der Waals surface area contributed by atoms with Crippen LogP contribution in [0.15, 0.2) is 36.4 Å².